The molecule has 1 N–H and O–H groups in total. The summed E-state index contributed by atoms with van der Waals surface area (Å²) in [5, 5.41) is 3.48. The van der Waals surface area contributed by atoms with Crippen molar-refractivity contribution in [2.24, 2.45) is 4.99 Å². The van der Waals surface area contributed by atoms with Gasteiger partial charge in [-0.2, -0.15) is 0 Å². The smallest absolute Gasteiger partial charge is 0.251 e. The molecule has 2 unspecified atom stereocenters. The van der Waals surface area contributed by atoms with Crippen LogP contribution in [0.3, 0.4) is 0 Å². The number of aliphatic imine (C=N–C) groups is 1. The molecule has 0 aromatic heterocycles. The number of hydrogen-bond donors (Lipinski definition) is 1. The topological polar surface area (TPSA) is 66.4 Å². The van der Waals surface area contributed by atoms with Gasteiger partial charge in [-0.1, -0.05) is 25.1 Å². The van der Waals surface area contributed by atoms with Crippen molar-refractivity contribution >= 4 is 11.9 Å². The molecule has 0 aliphatic carbocycles. The number of rotatable bonds is 5. The highest BCUT2D eigenvalue weighted by atomic mass is 16.5. The average molecular weight is 389 g/mol. The minimum Gasteiger partial charge on any atom is -0.496 e. The number of hydrogen-bond acceptors (Lipinski definition) is 4. The van der Waals surface area contributed by atoms with Crippen LogP contribution in [0.15, 0.2) is 29.3 Å². The van der Waals surface area contributed by atoms with Gasteiger partial charge < -0.3 is 24.6 Å². The van der Waals surface area contributed by atoms with Gasteiger partial charge in [-0.25, -0.2) is 0 Å². The van der Waals surface area contributed by atoms with Gasteiger partial charge in [0.25, 0.3) is 5.91 Å². The summed E-state index contributed by atoms with van der Waals surface area (Å²) in [5.41, 5.74) is 1.18. The molecule has 2 heterocycles. The van der Waals surface area contributed by atoms with Gasteiger partial charge in [0.1, 0.15) is 11.9 Å². The van der Waals surface area contributed by atoms with E-state index in [0.717, 1.165) is 44.2 Å². The Bertz CT molecular complexity index is 680. The molecule has 3 rings (SSSR count). The number of nitrogens with one attached hydrogen (secondary N) is 1. The molecule has 1 aromatic rings. The molecule has 154 valence electrons. The SMILES string of the molecule is CN=C(NCC(C)c1ccccc1OC)N1CCN(C(=O)C2CCCO2)CC1. The summed E-state index contributed by atoms with van der Waals surface area (Å²) < 4.78 is 11.0. The molecule has 28 heavy (non-hydrogen) atoms. The van der Waals surface area contributed by atoms with Gasteiger partial charge >= 0.3 is 0 Å². The first-order valence-corrected chi connectivity index (χ1v) is 10.1. The monoisotopic (exact) mass is 388 g/mol. The fourth-order valence-corrected chi connectivity index (χ4v) is 3.87. The first-order valence-electron chi connectivity index (χ1n) is 10.1. The summed E-state index contributed by atoms with van der Waals surface area (Å²) in [7, 11) is 3.51. The Morgan fingerprint density at radius 1 is 1.29 bits per heavy atom. The molecule has 2 fully saturated rings. The van der Waals surface area contributed by atoms with E-state index in [1.807, 2.05) is 23.1 Å². The van der Waals surface area contributed by atoms with Crippen molar-refractivity contribution in [3.63, 3.8) is 0 Å². The fraction of sp³-hybridized carbons (Fsp3) is 0.619. The van der Waals surface area contributed by atoms with Crippen LogP contribution in [0.5, 0.6) is 5.75 Å². The third-order valence-electron chi connectivity index (χ3n) is 5.54. The highest BCUT2D eigenvalue weighted by Crippen LogP contribution is 2.25. The zero-order valence-electron chi connectivity index (χ0n) is 17.2. The van der Waals surface area contributed by atoms with Crippen LogP contribution >= 0.6 is 0 Å². The number of guanidine groups is 1. The summed E-state index contributed by atoms with van der Waals surface area (Å²) in [6.45, 7) is 6.63. The summed E-state index contributed by atoms with van der Waals surface area (Å²) in [6, 6.07) is 8.11. The lowest BCUT2D eigenvalue weighted by atomic mass is 10.0. The zero-order valence-corrected chi connectivity index (χ0v) is 17.2. The molecule has 2 saturated heterocycles. The largest absolute Gasteiger partial charge is 0.496 e. The predicted molar refractivity (Wildman–Crippen MR) is 110 cm³/mol. The second kappa shape index (κ2) is 9.78. The summed E-state index contributed by atoms with van der Waals surface area (Å²) in [4.78, 5) is 21.1. The molecule has 0 saturated carbocycles. The maximum atomic E-state index is 12.5. The van der Waals surface area contributed by atoms with Gasteiger partial charge in [-0.3, -0.25) is 9.79 Å². The van der Waals surface area contributed by atoms with E-state index in [9.17, 15) is 4.79 Å². The van der Waals surface area contributed by atoms with Crippen LogP contribution in [0.1, 0.15) is 31.2 Å². The quantitative estimate of drug-likeness (QED) is 0.614. The van der Waals surface area contributed by atoms with Gasteiger partial charge in [0, 0.05) is 52.3 Å². The van der Waals surface area contributed by atoms with Gasteiger partial charge in [0.2, 0.25) is 0 Å². The third kappa shape index (κ3) is 4.76. The summed E-state index contributed by atoms with van der Waals surface area (Å²) in [5.74, 6) is 2.22. The van der Waals surface area contributed by atoms with Gasteiger partial charge in [0.15, 0.2) is 5.96 Å². The van der Waals surface area contributed by atoms with Crippen LogP contribution in [0.25, 0.3) is 0 Å². The number of amides is 1. The van der Waals surface area contributed by atoms with Crippen molar-refractivity contribution < 1.29 is 14.3 Å². The Morgan fingerprint density at radius 3 is 2.64 bits per heavy atom. The van der Waals surface area contributed by atoms with E-state index in [1.54, 1.807) is 14.2 Å². The summed E-state index contributed by atoms with van der Waals surface area (Å²) in [6.07, 6.45) is 1.60. The van der Waals surface area contributed by atoms with Crippen molar-refractivity contribution in [2.45, 2.75) is 31.8 Å². The van der Waals surface area contributed by atoms with Crippen LogP contribution in [-0.4, -0.2) is 81.3 Å². The zero-order chi connectivity index (χ0) is 19.9. The van der Waals surface area contributed by atoms with Crippen LogP contribution in [0, 0.1) is 0 Å². The molecular formula is C21H32N4O3. The van der Waals surface area contributed by atoms with Crippen LogP contribution in [-0.2, 0) is 9.53 Å². The van der Waals surface area contributed by atoms with E-state index in [4.69, 9.17) is 9.47 Å². The number of methoxy groups -OCH3 is 1. The Morgan fingerprint density at radius 2 is 2.00 bits per heavy atom. The lowest BCUT2D eigenvalue weighted by Gasteiger charge is -2.37. The lowest BCUT2D eigenvalue weighted by molar-refractivity contribution is -0.142. The molecule has 0 radical (unpaired) electrons. The van der Waals surface area contributed by atoms with E-state index in [-0.39, 0.29) is 17.9 Å². The van der Waals surface area contributed by atoms with Crippen LogP contribution in [0.2, 0.25) is 0 Å². The molecule has 7 nitrogen and oxygen atoms in total. The highest BCUT2D eigenvalue weighted by molar-refractivity contribution is 5.82. The Hall–Kier alpha value is -2.28. The van der Waals surface area contributed by atoms with E-state index in [2.05, 4.69) is 28.2 Å². The maximum absolute atomic E-state index is 12.5. The molecule has 2 atom stereocenters. The first kappa shape index (κ1) is 20.5. The molecule has 2 aliphatic rings. The molecule has 2 aliphatic heterocycles. The van der Waals surface area contributed by atoms with Gasteiger partial charge in [-0.05, 0) is 24.5 Å². The van der Waals surface area contributed by atoms with Gasteiger partial charge in [0.05, 0.1) is 7.11 Å². The number of piperazine rings is 1. The van der Waals surface area contributed by atoms with Crippen molar-refractivity contribution in [1.29, 1.82) is 0 Å². The van der Waals surface area contributed by atoms with Crippen molar-refractivity contribution in [1.82, 2.24) is 15.1 Å². The normalized spacial score (nSPS) is 21.5. The summed E-state index contributed by atoms with van der Waals surface area (Å²) >= 11 is 0. The molecule has 1 amide bonds. The number of ether oxygens (including phenoxy) is 2. The second-order valence-corrected chi connectivity index (χ2v) is 7.39. The number of nitrogens with zero attached hydrogens (tertiary/aromatic N) is 3. The van der Waals surface area contributed by atoms with Crippen molar-refractivity contribution in [3.8, 4) is 5.75 Å². The molecule has 0 bridgehead atoms. The number of carbonyl (C=O) groups excluding carboxylic acids is 1. The predicted octanol–water partition coefficient (Wildman–Crippen LogP) is 1.70. The van der Waals surface area contributed by atoms with E-state index in [1.165, 1.54) is 5.56 Å². The fourth-order valence-electron chi connectivity index (χ4n) is 3.87. The first-order chi connectivity index (χ1) is 13.6. The Balaban J connectivity index is 1.50. The maximum Gasteiger partial charge on any atom is 0.251 e. The minimum atomic E-state index is -0.231. The number of benzene rings is 1. The average Bonchev–Trinajstić information content (AvgIpc) is 3.29. The number of carbonyl (C=O) groups is 1. The van der Waals surface area contributed by atoms with Crippen molar-refractivity contribution in [2.75, 3.05) is 53.5 Å². The van der Waals surface area contributed by atoms with E-state index in [0.29, 0.717) is 19.7 Å². The molecule has 1 aromatic carbocycles. The van der Waals surface area contributed by atoms with Gasteiger partial charge in [-0.15, -0.1) is 0 Å². The van der Waals surface area contributed by atoms with Crippen LogP contribution in [0.4, 0.5) is 0 Å². The number of para-hydroxylation sites is 1. The lowest BCUT2D eigenvalue weighted by Crippen LogP contribution is -2.55. The van der Waals surface area contributed by atoms with Crippen LogP contribution < -0.4 is 10.1 Å². The van der Waals surface area contributed by atoms with E-state index < -0.39 is 0 Å². The Kier molecular flexibility index (Phi) is 7.14. The Labute approximate surface area is 167 Å². The second-order valence-electron chi connectivity index (χ2n) is 7.39. The molecule has 0 spiro atoms. The molecular weight excluding hydrogens is 356 g/mol. The van der Waals surface area contributed by atoms with E-state index >= 15 is 0 Å². The minimum absolute atomic E-state index is 0.143. The standard InChI is InChI=1S/C21H32N4O3/c1-16(17-7-4-5-8-18(17)27-3)15-23-21(22-2)25-12-10-24(11-13-25)20(26)19-9-6-14-28-19/h4-5,7-8,16,19H,6,9-15H2,1-3H3,(H,22,23). The third-order valence-corrected chi connectivity index (χ3v) is 5.54. The highest BCUT2D eigenvalue weighted by Gasteiger charge is 2.31. The van der Waals surface area contributed by atoms with Crippen molar-refractivity contribution in [3.05, 3.63) is 29.8 Å². The molecule has 7 heteroatoms.